The second-order valence-electron chi connectivity index (χ2n) is 7.32. The summed E-state index contributed by atoms with van der Waals surface area (Å²) in [5.74, 6) is 3.17. The molecule has 4 fully saturated rings. The lowest BCUT2D eigenvalue weighted by molar-refractivity contribution is -0.0514. The van der Waals surface area contributed by atoms with Crippen molar-refractivity contribution in [3.8, 4) is 0 Å². The Balaban J connectivity index is 1.38. The van der Waals surface area contributed by atoms with Gasteiger partial charge in [-0.15, -0.1) is 0 Å². The van der Waals surface area contributed by atoms with E-state index in [1.807, 2.05) is 12.3 Å². The first-order valence-electron chi connectivity index (χ1n) is 7.83. The smallest absolute Gasteiger partial charge is 0.0886 e. The van der Waals surface area contributed by atoms with Crippen LogP contribution < -0.4 is 5.32 Å². The zero-order valence-corrected chi connectivity index (χ0v) is 11.6. The average Bonchev–Trinajstić information content (AvgIpc) is 2.38. The Kier molecular flexibility index (Phi) is 2.87. The van der Waals surface area contributed by atoms with Crippen molar-refractivity contribution < 1.29 is 0 Å². The van der Waals surface area contributed by atoms with Crippen LogP contribution in [0.4, 0.5) is 0 Å². The topological polar surface area (TPSA) is 24.9 Å². The highest BCUT2D eigenvalue weighted by molar-refractivity contribution is 5.08. The van der Waals surface area contributed by atoms with Crippen LogP contribution in [0.2, 0.25) is 0 Å². The highest BCUT2D eigenvalue weighted by Crippen LogP contribution is 2.59. The van der Waals surface area contributed by atoms with E-state index in [9.17, 15) is 0 Å². The number of hydrogen-bond donors (Lipinski definition) is 1. The van der Waals surface area contributed by atoms with E-state index in [2.05, 4.69) is 22.6 Å². The third-order valence-electron chi connectivity index (χ3n) is 5.67. The van der Waals surface area contributed by atoms with Gasteiger partial charge in [0.05, 0.1) is 6.20 Å². The lowest BCUT2D eigenvalue weighted by atomic mass is 9.49. The molecule has 0 saturated heterocycles. The van der Waals surface area contributed by atoms with Crippen LogP contribution in [0.15, 0.2) is 18.3 Å². The van der Waals surface area contributed by atoms with Gasteiger partial charge >= 0.3 is 0 Å². The molecule has 0 spiro atoms. The van der Waals surface area contributed by atoms with Crippen molar-refractivity contribution in [3.05, 3.63) is 30.1 Å². The fourth-order valence-electron chi connectivity index (χ4n) is 5.43. The maximum Gasteiger partial charge on any atom is 0.0886 e. The maximum absolute atomic E-state index is 4.06. The van der Waals surface area contributed by atoms with Crippen molar-refractivity contribution in [2.45, 2.75) is 45.1 Å². The first-order valence-corrected chi connectivity index (χ1v) is 7.83. The Bertz CT molecular complexity index is 405. The van der Waals surface area contributed by atoms with Crippen molar-refractivity contribution in [3.63, 3.8) is 0 Å². The van der Waals surface area contributed by atoms with Gasteiger partial charge in [0.15, 0.2) is 0 Å². The van der Waals surface area contributed by atoms with Crippen molar-refractivity contribution in [2.75, 3.05) is 6.54 Å². The Morgan fingerprint density at radius 2 is 1.84 bits per heavy atom. The molecule has 1 heterocycles. The zero-order chi connectivity index (χ0) is 12.7. The van der Waals surface area contributed by atoms with Crippen LogP contribution in [-0.4, -0.2) is 11.5 Å². The van der Waals surface area contributed by atoms with Crippen LogP contribution in [0, 0.1) is 29.4 Å². The average molecular weight is 255 g/mol. The Morgan fingerprint density at radius 1 is 1.16 bits per heavy atom. The molecule has 1 radical (unpaired) electrons. The summed E-state index contributed by atoms with van der Waals surface area (Å²) in [5, 5.41) is 3.70. The number of nitrogens with zero attached hydrogens (tertiary/aromatic N) is 1. The van der Waals surface area contributed by atoms with E-state index < -0.39 is 0 Å². The minimum absolute atomic E-state index is 0.642. The molecule has 2 nitrogen and oxygen atoms in total. The maximum atomic E-state index is 4.06. The van der Waals surface area contributed by atoms with Crippen molar-refractivity contribution in [1.29, 1.82) is 0 Å². The molecule has 5 rings (SSSR count). The quantitative estimate of drug-likeness (QED) is 0.893. The summed E-state index contributed by atoms with van der Waals surface area (Å²) in [5.41, 5.74) is 1.92. The van der Waals surface area contributed by atoms with Crippen LogP contribution in [0.3, 0.4) is 0 Å². The van der Waals surface area contributed by atoms with Gasteiger partial charge in [-0.1, -0.05) is 6.07 Å². The van der Waals surface area contributed by atoms with Gasteiger partial charge in [0.2, 0.25) is 0 Å². The summed E-state index contributed by atoms with van der Waals surface area (Å²) >= 11 is 0. The number of pyridine rings is 1. The van der Waals surface area contributed by atoms with Crippen LogP contribution >= 0.6 is 0 Å². The molecular formula is C17H23N2. The molecule has 101 valence electrons. The summed E-state index contributed by atoms with van der Waals surface area (Å²) in [6, 6.07) is 4.02. The molecule has 0 amide bonds. The van der Waals surface area contributed by atoms with Gasteiger partial charge in [0.1, 0.15) is 0 Å². The standard InChI is InChI=1S/C17H23N2/c1-2-13(10-18-3-1)11-19-12-17-7-14-4-15(8-17)6-16(5-14)9-17/h1-2,10,14-16,19H,4-9,11-12H2. The van der Waals surface area contributed by atoms with Gasteiger partial charge in [-0.25, -0.2) is 0 Å². The second kappa shape index (κ2) is 4.59. The van der Waals surface area contributed by atoms with Gasteiger partial charge in [0, 0.05) is 19.3 Å². The molecule has 1 aromatic rings. The second-order valence-corrected chi connectivity index (χ2v) is 7.32. The Morgan fingerprint density at radius 3 is 2.42 bits per heavy atom. The molecule has 4 aliphatic carbocycles. The molecule has 0 aliphatic heterocycles. The molecule has 1 N–H and O–H groups in total. The largest absolute Gasteiger partial charge is 0.312 e. The molecule has 19 heavy (non-hydrogen) atoms. The summed E-state index contributed by atoms with van der Waals surface area (Å²) in [4.78, 5) is 4.06. The predicted octanol–water partition coefficient (Wildman–Crippen LogP) is 3.19. The molecule has 4 bridgehead atoms. The monoisotopic (exact) mass is 255 g/mol. The van der Waals surface area contributed by atoms with E-state index in [0.29, 0.717) is 5.41 Å². The first kappa shape index (κ1) is 11.9. The molecule has 0 unspecified atom stereocenters. The SMILES string of the molecule is [c]1ccc(CNCC23CC4CC(CC(C4)C2)C3)cn1. The highest BCUT2D eigenvalue weighted by atomic mass is 14.9. The number of hydrogen-bond acceptors (Lipinski definition) is 2. The van der Waals surface area contributed by atoms with E-state index in [1.165, 1.54) is 50.6 Å². The van der Waals surface area contributed by atoms with Crippen LogP contribution in [0.25, 0.3) is 0 Å². The molecule has 2 heteroatoms. The molecule has 0 atom stereocenters. The molecule has 4 saturated carbocycles. The zero-order valence-electron chi connectivity index (χ0n) is 11.6. The van der Waals surface area contributed by atoms with Gasteiger partial charge in [-0.05, 0) is 73.3 Å². The molecule has 0 aromatic carbocycles. The minimum Gasteiger partial charge on any atom is -0.312 e. The lowest BCUT2D eigenvalue weighted by Gasteiger charge is -2.57. The summed E-state index contributed by atoms with van der Waals surface area (Å²) in [6.07, 6.45) is 13.9. The van der Waals surface area contributed by atoms with E-state index >= 15 is 0 Å². The Hall–Kier alpha value is -0.890. The minimum atomic E-state index is 0.642. The highest BCUT2D eigenvalue weighted by Gasteiger charge is 2.50. The van der Waals surface area contributed by atoms with Crippen molar-refractivity contribution in [2.24, 2.45) is 23.2 Å². The normalized spacial score (nSPS) is 39.7. The van der Waals surface area contributed by atoms with Gasteiger partial charge in [-0.3, -0.25) is 4.98 Å². The Labute approximate surface area is 116 Å². The third kappa shape index (κ3) is 2.31. The number of rotatable bonds is 4. The van der Waals surface area contributed by atoms with Gasteiger partial charge in [-0.2, -0.15) is 0 Å². The summed E-state index contributed by atoms with van der Waals surface area (Å²) < 4.78 is 0. The molecule has 4 aliphatic rings. The number of nitrogens with one attached hydrogen (secondary N) is 1. The van der Waals surface area contributed by atoms with E-state index in [0.717, 1.165) is 24.3 Å². The fraction of sp³-hybridized carbons (Fsp3) is 0.706. The van der Waals surface area contributed by atoms with Crippen LogP contribution in [0.1, 0.15) is 44.1 Å². The van der Waals surface area contributed by atoms with Gasteiger partial charge < -0.3 is 5.32 Å². The summed E-state index contributed by atoms with van der Waals surface area (Å²) in [7, 11) is 0. The lowest BCUT2D eigenvalue weighted by Crippen LogP contribution is -2.50. The third-order valence-corrected chi connectivity index (χ3v) is 5.67. The van der Waals surface area contributed by atoms with E-state index in [4.69, 9.17) is 0 Å². The molecular weight excluding hydrogens is 232 g/mol. The first-order chi connectivity index (χ1) is 9.31. The van der Waals surface area contributed by atoms with Crippen molar-refractivity contribution in [1.82, 2.24) is 10.3 Å². The van der Waals surface area contributed by atoms with E-state index in [1.54, 1.807) is 0 Å². The van der Waals surface area contributed by atoms with Crippen LogP contribution in [0.5, 0.6) is 0 Å². The molecule has 1 aromatic heterocycles. The van der Waals surface area contributed by atoms with Crippen molar-refractivity contribution >= 4 is 0 Å². The van der Waals surface area contributed by atoms with E-state index in [-0.39, 0.29) is 0 Å². The summed E-state index contributed by atoms with van der Waals surface area (Å²) in [6.45, 7) is 2.18. The fourth-order valence-corrected chi connectivity index (χ4v) is 5.43. The number of aromatic nitrogens is 1. The van der Waals surface area contributed by atoms with Gasteiger partial charge in [0.25, 0.3) is 0 Å². The van der Waals surface area contributed by atoms with Crippen LogP contribution in [-0.2, 0) is 6.54 Å². The predicted molar refractivity (Wildman–Crippen MR) is 75.4 cm³/mol.